The molecule has 0 spiro atoms. The van der Waals surface area contributed by atoms with E-state index in [2.05, 4.69) is 5.32 Å². The smallest absolute Gasteiger partial charge is 0.294 e. The summed E-state index contributed by atoms with van der Waals surface area (Å²) in [7, 11) is 0. The van der Waals surface area contributed by atoms with Crippen molar-refractivity contribution in [3.05, 3.63) is 28.3 Å². The van der Waals surface area contributed by atoms with Gasteiger partial charge in [-0.3, -0.25) is 14.9 Å². The zero-order valence-electron chi connectivity index (χ0n) is 9.76. The average molecular weight is 247 g/mol. The van der Waals surface area contributed by atoms with Crippen molar-refractivity contribution < 1.29 is 9.72 Å². The summed E-state index contributed by atoms with van der Waals surface area (Å²) < 4.78 is 0. The SMILES string of the molecule is O=C1Nc2cccc([N+](=O)[O-])c2N2CCCCC12. The number of hydrogen-bond donors (Lipinski definition) is 1. The Bertz CT molecular complexity index is 529. The van der Waals surface area contributed by atoms with E-state index in [1.807, 2.05) is 4.90 Å². The summed E-state index contributed by atoms with van der Waals surface area (Å²) in [6, 6.07) is 4.54. The van der Waals surface area contributed by atoms with Crippen LogP contribution in [0.4, 0.5) is 17.1 Å². The number of nitro groups is 1. The van der Waals surface area contributed by atoms with E-state index in [0.29, 0.717) is 17.9 Å². The number of nitro benzene ring substituents is 1. The lowest BCUT2D eigenvalue weighted by atomic mass is 9.97. The van der Waals surface area contributed by atoms with Crippen molar-refractivity contribution in [1.82, 2.24) is 0 Å². The lowest BCUT2D eigenvalue weighted by Gasteiger charge is -2.40. The van der Waals surface area contributed by atoms with Gasteiger partial charge in [-0.2, -0.15) is 0 Å². The molecule has 2 heterocycles. The van der Waals surface area contributed by atoms with E-state index in [4.69, 9.17) is 0 Å². The van der Waals surface area contributed by atoms with E-state index in [1.165, 1.54) is 6.07 Å². The van der Waals surface area contributed by atoms with E-state index in [0.717, 1.165) is 19.3 Å². The number of rotatable bonds is 1. The minimum Gasteiger partial charge on any atom is -0.352 e. The largest absolute Gasteiger partial charge is 0.352 e. The molecule has 1 amide bonds. The Morgan fingerprint density at radius 2 is 2.22 bits per heavy atom. The van der Waals surface area contributed by atoms with Crippen LogP contribution in [0.5, 0.6) is 0 Å². The first-order valence-corrected chi connectivity index (χ1v) is 6.03. The molecule has 1 saturated heterocycles. The average Bonchev–Trinajstić information content (AvgIpc) is 2.38. The number of anilines is 2. The van der Waals surface area contributed by atoms with Crippen LogP contribution >= 0.6 is 0 Å². The fourth-order valence-electron chi connectivity index (χ4n) is 2.77. The van der Waals surface area contributed by atoms with Gasteiger partial charge < -0.3 is 10.2 Å². The molecule has 94 valence electrons. The monoisotopic (exact) mass is 247 g/mol. The molecule has 0 radical (unpaired) electrons. The van der Waals surface area contributed by atoms with Crippen molar-refractivity contribution in [1.29, 1.82) is 0 Å². The highest BCUT2D eigenvalue weighted by Crippen LogP contribution is 2.42. The predicted octanol–water partition coefficient (Wildman–Crippen LogP) is 1.91. The van der Waals surface area contributed by atoms with Gasteiger partial charge in [0.25, 0.3) is 5.69 Å². The molecule has 0 aliphatic carbocycles. The van der Waals surface area contributed by atoms with Gasteiger partial charge in [-0.15, -0.1) is 0 Å². The number of hydrogen-bond acceptors (Lipinski definition) is 4. The van der Waals surface area contributed by atoms with Crippen molar-refractivity contribution >= 4 is 23.0 Å². The van der Waals surface area contributed by atoms with Crippen LogP contribution in [0.25, 0.3) is 0 Å². The van der Waals surface area contributed by atoms with E-state index in [1.54, 1.807) is 12.1 Å². The zero-order chi connectivity index (χ0) is 12.7. The van der Waals surface area contributed by atoms with Gasteiger partial charge in [0.2, 0.25) is 5.91 Å². The minimum absolute atomic E-state index is 0.0531. The maximum absolute atomic E-state index is 11.9. The summed E-state index contributed by atoms with van der Waals surface area (Å²) >= 11 is 0. The second kappa shape index (κ2) is 3.97. The summed E-state index contributed by atoms with van der Waals surface area (Å²) in [5, 5.41) is 13.9. The maximum atomic E-state index is 11.9. The molecule has 1 aromatic carbocycles. The van der Waals surface area contributed by atoms with Crippen LogP contribution in [0, 0.1) is 10.1 Å². The fraction of sp³-hybridized carbons (Fsp3) is 0.417. The number of piperidine rings is 1. The number of nitrogens with one attached hydrogen (secondary N) is 1. The van der Waals surface area contributed by atoms with Crippen LogP contribution in [0.2, 0.25) is 0 Å². The number of para-hydroxylation sites is 1. The molecule has 6 heteroatoms. The van der Waals surface area contributed by atoms with Crippen LogP contribution < -0.4 is 10.2 Å². The number of carbonyl (C=O) groups excluding carboxylic acids is 1. The van der Waals surface area contributed by atoms with Crippen molar-refractivity contribution in [2.75, 3.05) is 16.8 Å². The zero-order valence-corrected chi connectivity index (χ0v) is 9.76. The Morgan fingerprint density at radius 3 is 3.00 bits per heavy atom. The van der Waals surface area contributed by atoms with Gasteiger partial charge >= 0.3 is 0 Å². The van der Waals surface area contributed by atoms with Crippen molar-refractivity contribution in [2.24, 2.45) is 0 Å². The van der Waals surface area contributed by atoms with E-state index in [-0.39, 0.29) is 22.6 Å². The minimum atomic E-state index is -0.387. The third-order valence-corrected chi connectivity index (χ3v) is 3.56. The van der Waals surface area contributed by atoms with Crippen molar-refractivity contribution in [2.45, 2.75) is 25.3 Å². The first kappa shape index (κ1) is 11.0. The lowest BCUT2D eigenvalue weighted by molar-refractivity contribution is -0.384. The Kier molecular flexibility index (Phi) is 2.43. The Labute approximate surface area is 104 Å². The van der Waals surface area contributed by atoms with Gasteiger partial charge in [-0.25, -0.2) is 0 Å². The number of nitrogens with zero attached hydrogens (tertiary/aromatic N) is 2. The molecule has 1 fully saturated rings. The number of fused-ring (bicyclic) bond motifs is 3. The van der Waals surface area contributed by atoms with E-state index < -0.39 is 0 Å². The lowest BCUT2D eigenvalue weighted by Crippen LogP contribution is -2.50. The first-order chi connectivity index (χ1) is 8.68. The van der Waals surface area contributed by atoms with Gasteiger partial charge in [0.15, 0.2) is 0 Å². The number of benzene rings is 1. The third kappa shape index (κ3) is 1.53. The Hall–Kier alpha value is -2.11. The van der Waals surface area contributed by atoms with Gasteiger partial charge in [-0.05, 0) is 25.3 Å². The summed E-state index contributed by atoms with van der Waals surface area (Å²) in [6.07, 6.45) is 2.72. The molecular weight excluding hydrogens is 234 g/mol. The molecule has 0 bridgehead atoms. The highest BCUT2D eigenvalue weighted by Gasteiger charge is 2.38. The second-order valence-corrected chi connectivity index (χ2v) is 4.62. The molecule has 18 heavy (non-hydrogen) atoms. The summed E-state index contributed by atoms with van der Waals surface area (Å²) in [5.41, 5.74) is 1.18. The summed E-state index contributed by atoms with van der Waals surface area (Å²) in [4.78, 5) is 24.5. The molecule has 0 saturated carbocycles. The molecule has 1 atom stereocenters. The topological polar surface area (TPSA) is 75.5 Å². The molecule has 2 aliphatic rings. The Morgan fingerprint density at radius 1 is 1.39 bits per heavy atom. The van der Waals surface area contributed by atoms with Crippen LogP contribution in [-0.4, -0.2) is 23.4 Å². The van der Waals surface area contributed by atoms with Crippen LogP contribution in [0.1, 0.15) is 19.3 Å². The van der Waals surface area contributed by atoms with Gasteiger partial charge in [0, 0.05) is 12.6 Å². The summed E-state index contributed by atoms with van der Waals surface area (Å²) in [5.74, 6) is -0.0531. The number of amides is 1. The van der Waals surface area contributed by atoms with E-state index >= 15 is 0 Å². The molecular formula is C12H13N3O3. The standard InChI is InChI=1S/C12H13N3O3/c16-12-10-5-1-2-7-14(10)11-8(13-12)4-3-6-9(11)15(17)18/h3-4,6,10H,1-2,5,7H2,(H,13,16). The predicted molar refractivity (Wildman–Crippen MR) is 66.7 cm³/mol. The molecule has 2 aliphatic heterocycles. The molecule has 1 N–H and O–H groups in total. The molecule has 1 aromatic rings. The Balaban J connectivity index is 2.15. The molecule has 3 rings (SSSR count). The van der Waals surface area contributed by atoms with E-state index in [9.17, 15) is 14.9 Å². The van der Waals surface area contributed by atoms with Gasteiger partial charge in [-0.1, -0.05) is 6.07 Å². The van der Waals surface area contributed by atoms with Crippen LogP contribution in [0.3, 0.4) is 0 Å². The fourth-order valence-corrected chi connectivity index (χ4v) is 2.77. The van der Waals surface area contributed by atoms with Gasteiger partial charge in [0.1, 0.15) is 11.7 Å². The molecule has 1 unspecified atom stereocenters. The van der Waals surface area contributed by atoms with Crippen LogP contribution in [-0.2, 0) is 4.79 Å². The summed E-state index contributed by atoms with van der Waals surface area (Å²) in [6.45, 7) is 0.704. The maximum Gasteiger partial charge on any atom is 0.294 e. The quantitative estimate of drug-likeness (QED) is 0.607. The highest BCUT2D eigenvalue weighted by molar-refractivity contribution is 6.05. The first-order valence-electron chi connectivity index (χ1n) is 6.03. The number of carbonyl (C=O) groups is 1. The third-order valence-electron chi connectivity index (χ3n) is 3.56. The molecule has 0 aromatic heterocycles. The normalized spacial score (nSPS) is 21.9. The highest BCUT2D eigenvalue weighted by atomic mass is 16.6. The second-order valence-electron chi connectivity index (χ2n) is 4.62. The van der Waals surface area contributed by atoms with Crippen molar-refractivity contribution in [3.63, 3.8) is 0 Å². The van der Waals surface area contributed by atoms with Crippen LogP contribution in [0.15, 0.2) is 18.2 Å². The van der Waals surface area contributed by atoms with Gasteiger partial charge in [0.05, 0.1) is 10.6 Å². The molecule has 6 nitrogen and oxygen atoms in total. The van der Waals surface area contributed by atoms with Crippen molar-refractivity contribution in [3.8, 4) is 0 Å².